The fraction of sp³-hybridized carbons (Fsp3) is 0.320. The zero-order valence-corrected chi connectivity index (χ0v) is 18.8. The molecule has 33 heavy (non-hydrogen) atoms. The molecule has 0 bridgehead atoms. The highest BCUT2D eigenvalue weighted by Gasteiger charge is 2.42. The summed E-state index contributed by atoms with van der Waals surface area (Å²) in [4.78, 5) is 21.3. The normalized spacial score (nSPS) is 16.4. The lowest BCUT2D eigenvalue weighted by molar-refractivity contribution is 0.00701. The number of amides is 1. The smallest absolute Gasteiger partial charge is 0.272 e. The van der Waals surface area contributed by atoms with Gasteiger partial charge >= 0.3 is 0 Å². The molecule has 1 saturated carbocycles. The Kier molecular flexibility index (Phi) is 6.45. The van der Waals surface area contributed by atoms with Gasteiger partial charge in [0.15, 0.2) is 0 Å². The van der Waals surface area contributed by atoms with Crippen LogP contribution in [0.5, 0.6) is 0 Å². The lowest BCUT2D eigenvalue weighted by Gasteiger charge is -2.34. The molecule has 1 aromatic carbocycles. The third kappa shape index (κ3) is 4.89. The van der Waals surface area contributed by atoms with Gasteiger partial charge in [0.25, 0.3) is 11.8 Å². The Balaban J connectivity index is 1.71. The van der Waals surface area contributed by atoms with Gasteiger partial charge in [-0.25, -0.2) is 13.8 Å². The molecule has 8 heteroatoms. The van der Waals surface area contributed by atoms with Crippen molar-refractivity contribution in [1.29, 1.82) is 0 Å². The molecule has 2 heterocycles. The molecular weight excluding hydrogens is 448 g/mol. The quantitative estimate of drug-likeness (QED) is 0.484. The number of hydrogen-bond acceptors (Lipinski definition) is 4. The fourth-order valence-corrected chi connectivity index (χ4v) is 4.74. The number of benzene rings is 1. The number of carbonyl (C=O) groups excluding carboxylic acids is 1. The Morgan fingerprint density at radius 3 is 2.55 bits per heavy atom. The second-order valence-corrected chi connectivity index (χ2v) is 8.87. The second kappa shape index (κ2) is 9.15. The number of pyridine rings is 2. The largest absolute Gasteiger partial charge is 0.387 e. The van der Waals surface area contributed by atoms with Crippen LogP contribution >= 0.6 is 11.6 Å². The van der Waals surface area contributed by atoms with Crippen molar-refractivity contribution < 1.29 is 18.7 Å². The molecule has 1 aliphatic carbocycles. The lowest BCUT2D eigenvalue weighted by atomic mass is 9.85. The van der Waals surface area contributed by atoms with Gasteiger partial charge in [-0.1, -0.05) is 48.7 Å². The van der Waals surface area contributed by atoms with Crippen LogP contribution in [0.25, 0.3) is 11.1 Å². The summed E-state index contributed by atoms with van der Waals surface area (Å²) in [6.45, 7) is 0.712. The molecule has 172 valence electrons. The number of aliphatic hydroxyl groups is 1. The van der Waals surface area contributed by atoms with Gasteiger partial charge in [-0.05, 0) is 47.7 Å². The van der Waals surface area contributed by atoms with Crippen LogP contribution in [0.2, 0.25) is 5.02 Å². The standard InChI is InChI=1S/C25H24ClF2N3O2/c1-24(27,28)19-9-13-30-21(20(19)26)23(32)31-22(25(33)10-2-3-11-25)17-7-4-6-16(14-17)18-8-5-12-29-15-18/h4-9,12-15,22,33H,2-3,10-11H2,1H3,(H,31,32). The number of alkyl halides is 2. The number of hydrogen-bond donors (Lipinski definition) is 2. The Hall–Kier alpha value is -2.90. The summed E-state index contributed by atoms with van der Waals surface area (Å²) in [6.07, 6.45) is 7.20. The molecule has 0 spiro atoms. The average Bonchev–Trinajstić information content (AvgIpc) is 3.24. The molecule has 0 saturated heterocycles. The van der Waals surface area contributed by atoms with Crippen molar-refractivity contribution in [3.8, 4) is 11.1 Å². The fourth-order valence-electron chi connectivity index (χ4n) is 4.38. The van der Waals surface area contributed by atoms with Crippen molar-refractivity contribution in [2.75, 3.05) is 0 Å². The minimum absolute atomic E-state index is 0.300. The Morgan fingerprint density at radius 2 is 1.88 bits per heavy atom. The minimum atomic E-state index is -3.23. The number of rotatable bonds is 6. The van der Waals surface area contributed by atoms with Crippen LogP contribution < -0.4 is 5.32 Å². The lowest BCUT2D eigenvalue weighted by Crippen LogP contribution is -2.44. The summed E-state index contributed by atoms with van der Waals surface area (Å²) in [6, 6.07) is 11.6. The number of aromatic nitrogens is 2. The van der Waals surface area contributed by atoms with Crippen LogP contribution in [0.3, 0.4) is 0 Å². The predicted molar refractivity (Wildman–Crippen MR) is 122 cm³/mol. The monoisotopic (exact) mass is 471 g/mol. The first-order valence-corrected chi connectivity index (χ1v) is 11.1. The van der Waals surface area contributed by atoms with Crippen LogP contribution in [0.15, 0.2) is 61.1 Å². The van der Waals surface area contributed by atoms with Gasteiger partial charge in [0, 0.05) is 31.1 Å². The molecule has 1 atom stereocenters. The van der Waals surface area contributed by atoms with Gasteiger partial charge in [0.1, 0.15) is 5.69 Å². The van der Waals surface area contributed by atoms with E-state index in [1.165, 1.54) is 0 Å². The summed E-state index contributed by atoms with van der Waals surface area (Å²) in [5.41, 5.74) is 0.518. The van der Waals surface area contributed by atoms with Crippen molar-refractivity contribution >= 4 is 17.5 Å². The number of carbonyl (C=O) groups is 1. The van der Waals surface area contributed by atoms with Crippen LogP contribution in [0, 0.1) is 0 Å². The average molecular weight is 472 g/mol. The molecule has 0 radical (unpaired) electrons. The first-order chi connectivity index (χ1) is 15.7. The molecule has 2 aromatic heterocycles. The van der Waals surface area contributed by atoms with Crippen LogP contribution in [-0.4, -0.2) is 26.6 Å². The maximum atomic E-state index is 13.9. The first kappa shape index (κ1) is 23.3. The summed E-state index contributed by atoms with van der Waals surface area (Å²) in [5.74, 6) is -3.95. The SMILES string of the molecule is CC(F)(F)c1ccnc(C(=O)NC(c2cccc(-c3cccnc3)c2)C2(O)CCCC2)c1Cl. The zero-order chi connectivity index (χ0) is 23.6. The van der Waals surface area contributed by atoms with Gasteiger partial charge in [-0.3, -0.25) is 9.78 Å². The highest BCUT2D eigenvalue weighted by Crippen LogP contribution is 2.41. The molecule has 1 unspecified atom stereocenters. The van der Waals surface area contributed by atoms with Crippen molar-refractivity contribution in [3.05, 3.63) is 82.9 Å². The van der Waals surface area contributed by atoms with Gasteiger partial charge in [-0.15, -0.1) is 0 Å². The molecule has 4 rings (SSSR count). The van der Waals surface area contributed by atoms with E-state index < -0.39 is 34.1 Å². The van der Waals surface area contributed by atoms with Crippen molar-refractivity contribution in [2.45, 2.75) is 50.2 Å². The van der Waals surface area contributed by atoms with Crippen LogP contribution in [0.4, 0.5) is 8.78 Å². The maximum absolute atomic E-state index is 13.9. The van der Waals surface area contributed by atoms with Crippen LogP contribution in [0.1, 0.15) is 60.3 Å². The molecule has 1 aliphatic rings. The van der Waals surface area contributed by atoms with Crippen molar-refractivity contribution in [1.82, 2.24) is 15.3 Å². The van der Waals surface area contributed by atoms with Crippen molar-refractivity contribution in [3.63, 3.8) is 0 Å². The molecule has 1 fully saturated rings. The molecule has 0 aliphatic heterocycles. The maximum Gasteiger partial charge on any atom is 0.272 e. The second-order valence-electron chi connectivity index (χ2n) is 8.49. The third-order valence-corrected chi connectivity index (χ3v) is 6.46. The third-order valence-electron chi connectivity index (χ3n) is 6.07. The van der Waals surface area contributed by atoms with Crippen molar-refractivity contribution in [2.24, 2.45) is 0 Å². The predicted octanol–water partition coefficient (Wildman–Crippen LogP) is 5.68. The number of halogens is 3. The van der Waals surface area contributed by atoms with Gasteiger partial charge < -0.3 is 10.4 Å². The minimum Gasteiger partial charge on any atom is -0.387 e. The highest BCUT2D eigenvalue weighted by atomic mass is 35.5. The van der Waals surface area contributed by atoms with E-state index in [4.69, 9.17) is 11.6 Å². The Morgan fingerprint density at radius 1 is 1.15 bits per heavy atom. The van der Waals surface area contributed by atoms with E-state index in [1.807, 2.05) is 36.4 Å². The van der Waals surface area contributed by atoms with Crippen LogP contribution in [-0.2, 0) is 5.92 Å². The molecule has 1 amide bonds. The van der Waals surface area contributed by atoms with E-state index in [0.717, 1.165) is 36.2 Å². The highest BCUT2D eigenvalue weighted by molar-refractivity contribution is 6.34. The van der Waals surface area contributed by atoms with Gasteiger partial charge in [0.05, 0.1) is 16.7 Å². The van der Waals surface area contributed by atoms with E-state index in [1.54, 1.807) is 12.4 Å². The van der Waals surface area contributed by atoms with E-state index in [0.29, 0.717) is 25.3 Å². The van der Waals surface area contributed by atoms with Gasteiger partial charge in [-0.2, -0.15) is 0 Å². The van der Waals surface area contributed by atoms with E-state index in [-0.39, 0.29) is 5.69 Å². The topological polar surface area (TPSA) is 75.1 Å². The molecule has 5 nitrogen and oxygen atoms in total. The Bertz CT molecular complexity index is 1150. The Labute approximate surface area is 195 Å². The summed E-state index contributed by atoms with van der Waals surface area (Å²) in [7, 11) is 0. The van der Waals surface area contributed by atoms with Gasteiger partial charge in [0.2, 0.25) is 0 Å². The first-order valence-electron chi connectivity index (χ1n) is 10.8. The molecule has 2 N–H and O–H groups in total. The van der Waals surface area contributed by atoms with E-state index in [2.05, 4.69) is 15.3 Å². The summed E-state index contributed by atoms with van der Waals surface area (Å²) in [5, 5.41) is 13.8. The van der Waals surface area contributed by atoms with E-state index in [9.17, 15) is 18.7 Å². The zero-order valence-electron chi connectivity index (χ0n) is 18.1. The molecular formula is C25H24ClF2N3O2. The van der Waals surface area contributed by atoms with E-state index >= 15 is 0 Å². The number of nitrogens with one attached hydrogen (secondary N) is 1. The number of nitrogens with zero attached hydrogens (tertiary/aromatic N) is 2. The summed E-state index contributed by atoms with van der Waals surface area (Å²) >= 11 is 6.14. The molecule has 3 aromatic rings. The summed E-state index contributed by atoms with van der Waals surface area (Å²) < 4.78 is 27.8.